The second-order valence-corrected chi connectivity index (χ2v) is 6.15. The second kappa shape index (κ2) is 6.40. The Morgan fingerprint density at radius 1 is 1.40 bits per heavy atom. The first-order chi connectivity index (χ1) is 9.57. The zero-order valence-corrected chi connectivity index (χ0v) is 12.5. The average molecular weight is 275 g/mol. The molecule has 0 radical (unpaired) electrons. The number of likely N-dealkylation sites (tertiary alicyclic amines) is 1. The Morgan fingerprint density at radius 3 is 2.70 bits per heavy atom. The van der Waals surface area contributed by atoms with Gasteiger partial charge in [0.15, 0.2) is 0 Å². The summed E-state index contributed by atoms with van der Waals surface area (Å²) in [6, 6.07) is 10.8. The number of hydrogen-bond acceptors (Lipinski definition) is 2. The van der Waals surface area contributed by atoms with Crippen molar-refractivity contribution in [3.05, 3.63) is 35.9 Å². The molecular formula is C17H25NO2. The molecule has 1 aliphatic heterocycles. The molecule has 20 heavy (non-hydrogen) atoms. The Kier molecular flexibility index (Phi) is 4.81. The summed E-state index contributed by atoms with van der Waals surface area (Å²) in [6.07, 6.45) is 3.95. The van der Waals surface area contributed by atoms with Crippen LogP contribution in [0.15, 0.2) is 30.3 Å². The Hall–Kier alpha value is -1.35. The van der Waals surface area contributed by atoms with Crippen molar-refractivity contribution in [2.24, 2.45) is 5.41 Å². The topological polar surface area (TPSA) is 40.5 Å². The molecule has 1 saturated heterocycles. The molecule has 1 aromatic carbocycles. The van der Waals surface area contributed by atoms with Gasteiger partial charge in [0.2, 0.25) is 0 Å². The van der Waals surface area contributed by atoms with E-state index < -0.39 is 11.4 Å². The standard InChI is InChI=1S/C17H25NO2/c1-3-8-15(14-9-5-4-6-10-14)18-12-7-11-17(2,13-18)16(19)20/h4-6,9-10,15H,3,7-8,11-13H2,1-2H3,(H,19,20). The number of nitrogens with zero attached hydrogens (tertiary/aromatic N) is 1. The number of aliphatic carboxylic acids is 1. The van der Waals surface area contributed by atoms with Crippen molar-refractivity contribution in [2.75, 3.05) is 13.1 Å². The highest BCUT2D eigenvalue weighted by atomic mass is 16.4. The van der Waals surface area contributed by atoms with E-state index in [2.05, 4.69) is 36.1 Å². The van der Waals surface area contributed by atoms with Gasteiger partial charge in [-0.05, 0) is 38.3 Å². The molecule has 1 fully saturated rings. The second-order valence-electron chi connectivity index (χ2n) is 6.15. The van der Waals surface area contributed by atoms with Crippen LogP contribution >= 0.6 is 0 Å². The van der Waals surface area contributed by atoms with E-state index in [0.717, 1.165) is 32.2 Å². The van der Waals surface area contributed by atoms with Crippen molar-refractivity contribution in [1.82, 2.24) is 4.90 Å². The normalized spacial score (nSPS) is 25.3. The summed E-state index contributed by atoms with van der Waals surface area (Å²) < 4.78 is 0. The lowest BCUT2D eigenvalue weighted by molar-refractivity contribution is -0.151. The van der Waals surface area contributed by atoms with Gasteiger partial charge in [0.25, 0.3) is 0 Å². The summed E-state index contributed by atoms with van der Waals surface area (Å²) in [7, 11) is 0. The zero-order valence-electron chi connectivity index (χ0n) is 12.5. The van der Waals surface area contributed by atoms with E-state index in [4.69, 9.17) is 0 Å². The van der Waals surface area contributed by atoms with Gasteiger partial charge in [-0.25, -0.2) is 0 Å². The van der Waals surface area contributed by atoms with Gasteiger partial charge in [0, 0.05) is 12.6 Å². The van der Waals surface area contributed by atoms with Crippen molar-refractivity contribution in [2.45, 2.75) is 45.6 Å². The maximum absolute atomic E-state index is 11.5. The van der Waals surface area contributed by atoms with Crippen LogP contribution in [0.25, 0.3) is 0 Å². The first-order valence-corrected chi connectivity index (χ1v) is 7.59. The SMILES string of the molecule is CCCC(c1ccccc1)N1CCCC(C)(C(=O)O)C1. The molecule has 0 bridgehead atoms. The van der Waals surface area contributed by atoms with Gasteiger partial charge >= 0.3 is 5.97 Å². The summed E-state index contributed by atoms with van der Waals surface area (Å²) in [5.74, 6) is -0.662. The van der Waals surface area contributed by atoms with Crippen molar-refractivity contribution >= 4 is 5.97 Å². The molecule has 2 atom stereocenters. The summed E-state index contributed by atoms with van der Waals surface area (Å²) in [6.45, 7) is 5.73. The van der Waals surface area contributed by atoms with Crippen molar-refractivity contribution < 1.29 is 9.90 Å². The summed E-state index contributed by atoms with van der Waals surface area (Å²) in [5, 5.41) is 9.47. The van der Waals surface area contributed by atoms with Gasteiger partial charge in [0.1, 0.15) is 0 Å². The third-order valence-corrected chi connectivity index (χ3v) is 4.43. The molecule has 2 unspecified atom stereocenters. The molecule has 0 aromatic heterocycles. The zero-order chi connectivity index (χ0) is 14.6. The number of benzene rings is 1. The Morgan fingerprint density at radius 2 is 2.10 bits per heavy atom. The quantitative estimate of drug-likeness (QED) is 0.890. The Labute approximate surface area is 121 Å². The first-order valence-electron chi connectivity index (χ1n) is 7.59. The van der Waals surface area contributed by atoms with Gasteiger partial charge in [-0.2, -0.15) is 0 Å². The highest BCUT2D eigenvalue weighted by molar-refractivity contribution is 5.74. The van der Waals surface area contributed by atoms with Crippen LogP contribution in [0.4, 0.5) is 0 Å². The van der Waals surface area contributed by atoms with Gasteiger partial charge in [0.05, 0.1) is 5.41 Å². The highest BCUT2D eigenvalue weighted by Gasteiger charge is 2.39. The van der Waals surface area contributed by atoms with Crippen LogP contribution in [0.5, 0.6) is 0 Å². The maximum atomic E-state index is 11.5. The van der Waals surface area contributed by atoms with E-state index in [1.165, 1.54) is 5.56 Å². The molecular weight excluding hydrogens is 250 g/mol. The molecule has 110 valence electrons. The van der Waals surface area contributed by atoms with Crippen LogP contribution in [0.3, 0.4) is 0 Å². The number of carboxylic acids is 1. The first kappa shape index (κ1) is 15.0. The minimum absolute atomic E-state index is 0.347. The van der Waals surface area contributed by atoms with Gasteiger partial charge in [-0.3, -0.25) is 9.69 Å². The van der Waals surface area contributed by atoms with E-state index in [1.807, 2.05) is 13.0 Å². The van der Waals surface area contributed by atoms with Crippen molar-refractivity contribution in [1.29, 1.82) is 0 Å². The molecule has 1 N–H and O–H groups in total. The van der Waals surface area contributed by atoms with Crippen LogP contribution in [-0.2, 0) is 4.79 Å². The smallest absolute Gasteiger partial charge is 0.310 e. The summed E-state index contributed by atoms with van der Waals surface area (Å²) in [5.41, 5.74) is 0.711. The molecule has 0 spiro atoms. The number of carboxylic acid groups (broad SMARTS) is 1. The number of piperidine rings is 1. The molecule has 0 aliphatic carbocycles. The van der Waals surface area contributed by atoms with E-state index in [0.29, 0.717) is 12.6 Å². The minimum atomic E-state index is -0.662. The Bertz CT molecular complexity index is 446. The van der Waals surface area contributed by atoms with E-state index >= 15 is 0 Å². The lowest BCUT2D eigenvalue weighted by Gasteiger charge is -2.42. The predicted octanol–water partition coefficient (Wildman–Crippen LogP) is 3.71. The maximum Gasteiger partial charge on any atom is 0.310 e. The average Bonchev–Trinajstić information content (AvgIpc) is 2.45. The third-order valence-electron chi connectivity index (χ3n) is 4.43. The fourth-order valence-corrected chi connectivity index (χ4v) is 3.23. The van der Waals surface area contributed by atoms with E-state index in [-0.39, 0.29) is 0 Å². The number of rotatable bonds is 5. The largest absolute Gasteiger partial charge is 0.481 e. The molecule has 3 nitrogen and oxygen atoms in total. The van der Waals surface area contributed by atoms with Crippen LogP contribution in [0.1, 0.15) is 51.1 Å². The number of carbonyl (C=O) groups is 1. The van der Waals surface area contributed by atoms with Crippen molar-refractivity contribution in [3.63, 3.8) is 0 Å². The summed E-state index contributed by atoms with van der Waals surface area (Å²) >= 11 is 0. The molecule has 0 saturated carbocycles. The van der Waals surface area contributed by atoms with E-state index in [1.54, 1.807) is 0 Å². The highest BCUT2D eigenvalue weighted by Crippen LogP contribution is 2.36. The molecule has 2 rings (SSSR count). The predicted molar refractivity (Wildman–Crippen MR) is 80.6 cm³/mol. The van der Waals surface area contributed by atoms with Gasteiger partial charge < -0.3 is 5.11 Å². The van der Waals surface area contributed by atoms with Crippen LogP contribution in [-0.4, -0.2) is 29.1 Å². The lowest BCUT2D eigenvalue weighted by atomic mass is 9.80. The summed E-state index contributed by atoms with van der Waals surface area (Å²) in [4.78, 5) is 13.9. The Balaban J connectivity index is 2.19. The molecule has 3 heteroatoms. The lowest BCUT2D eigenvalue weighted by Crippen LogP contribution is -2.47. The molecule has 1 heterocycles. The van der Waals surface area contributed by atoms with Gasteiger partial charge in [-0.15, -0.1) is 0 Å². The van der Waals surface area contributed by atoms with Crippen molar-refractivity contribution in [3.8, 4) is 0 Å². The van der Waals surface area contributed by atoms with E-state index in [9.17, 15) is 9.90 Å². The molecule has 1 aliphatic rings. The fourth-order valence-electron chi connectivity index (χ4n) is 3.23. The fraction of sp³-hybridized carbons (Fsp3) is 0.588. The van der Waals surface area contributed by atoms with Crippen LogP contribution in [0.2, 0.25) is 0 Å². The minimum Gasteiger partial charge on any atom is -0.481 e. The third kappa shape index (κ3) is 3.21. The molecule has 1 aromatic rings. The van der Waals surface area contributed by atoms with Gasteiger partial charge in [-0.1, -0.05) is 43.7 Å². The molecule has 0 amide bonds. The number of hydrogen-bond donors (Lipinski definition) is 1. The monoisotopic (exact) mass is 275 g/mol. The van der Waals surface area contributed by atoms with Crippen LogP contribution in [0, 0.1) is 5.41 Å². The van der Waals surface area contributed by atoms with Crippen LogP contribution < -0.4 is 0 Å².